The zero-order valence-electron chi connectivity index (χ0n) is 5.75. The summed E-state index contributed by atoms with van der Waals surface area (Å²) in [4.78, 5) is 0. The summed E-state index contributed by atoms with van der Waals surface area (Å²) in [7, 11) is 0. The van der Waals surface area contributed by atoms with E-state index in [2.05, 4.69) is 0 Å². The van der Waals surface area contributed by atoms with Crippen molar-refractivity contribution in [2.24, 2.45) is 11.5 Å². The molecule has 1 atom stereocenters. The molecule has 4 heteroatoms. The lowest BCUT2D eigenvalue weighted by molar-refractivity contribution is 0.186. The number of aliphatic hydroxyl groups excluding tert-OH is 2. The van der Waals surface area contributed by atoms with Gasteiger partial charge in [-0.05, 0) is 6.92 Å². The minimum atomic E-state index is -0.125. The molecule has 0 aromatic carbocycles. The third-order valence-electron chi connectivity index (χ3n) is 0.472. The van der Waals surface area contributed by atoms with E-state index in [0.29, 0.717) is 6.54 Å². The smallest absolute Gasteiger partial charge is 0.0662 e. The van der Waals surface area contributed by atoms with Gasteiger partial charge in [0.1, 0.15) is 0 Å². The molecule has 0 amide bonds. The molecule has 0 aliphatic carbocycles. The van der Waals surface area contributed by atoms with Crippen LogP contribution in [0.3, 0.4) is 0 Å². The quantitative estimate of drug-likeness (QED) is 0.363. The van der Waals surface area contributed by atoms with Gasteiger partial charge in [0, 0.05) is 12.6 Å². The summed E-state index contributed by atoms with van der Waals surface area (Å²) in [6.45, 7) is 2.21. The fourth-order valence-electron chi connectivity index (χ4n) is 0. The second-order valence-electron chi connectivity index (χ2n) is 1.66. The van der Waals surface area contributed by atoms with Crippen LogP contribution in [0.5, 0.6) is 0 Å². The standard InChI is InChI=1S/C3H10N2.C2H6O2/c1-3(5)2-4;3-1-2-4/h3H,2,4-5H2,1H3;3-4H,1-2H2. The molecule has 0 bridgehead atoms. The Morgan fingerprint density at radius 1 is 1.33 bits per heavy atom. The molecule has 0 spiro atoms. The fourth-order valence-corrected chi connectivity index (χ4v) is 0. The predicted molar refractivity (Wildman–Crippen MR) is 36.9 cm³/mol. The van der Waals surface area contributed by atoms with Crippen molar-refractivity contribution in [2.45, 2.75) is 13.0 Å². The minimum Gasteiger partial charge on any atom is -0.394 e. The average Bonchev–Trinajstić information content (AvgIpc) is 1.89. The van der Waals surface area contributed by atoms with Crippen LogP contribution in [0.1, 0.15) is 6.92 Å². The van der Waals surface area contributed by atoms with E-state index in [1.807, 2.05) is 6.92 Å². The van der Waals surface area contributed by atoms with E-state index in [4.69, 9.17) is 21.7 Å². The molecular formula is C5H16N2O2. The summed E-state index contributed by atoms with van der Waals surface area (Å²) < 4.78 is 0. The number of rotatable bonds is 2. The van der Waals surface area contributed by atoms with Crippen LogP contribution in [0, 0.1) is 0 Å². The van der Waals surface area contributed by atoms with Gasteiger partial charge in [0.15, 0.2) is 0 Å². The Morgan fingerprint density at radius 3 is 1.56 bits per heavy atom. The van der Waals surface area contributed by atoms with Gasteiger partial charge in [-0.1, -0.05) is 0 Å². The molecule has 0 radical (unpaired) electrons. The van der Waals surface area contributed by atoms with Crippen molar-refractivity contribution in [1.29, 1.82) is 0 Å². The number of hydrogen-bond donors (Lipinski definition) is 4. The van der Waals surface area contributed by atoms with Crippen molar-refractivity contribution in [3.05, 3.63) is 0 Å². The van der Waals surface area contributed by atoms with Crippen LogP contribution in [0.25, 0.3) is 0 Å². The van der Waals surface area contributed by atoms with Crippen LogP contribution >= 0.6 is 0 Å². The van der Waals surface area contributed by atoms with Crippen molar-refractivity contribution in [2.75, 3.05) is 19.8 Å². The fraction of sp³-hybridized carbons (Fsp3) is 1.00. The molecule has 0 heterocycles. The Hall–Kier alpha value is -0.160. The van der Waals surface area contributed by atoms with E-state index in [9.17, 15) is 0 Å². The number of nitrogens with two attached hydrogens (primary N) is 2. The Balaban J connectivity index is 0. The van der Waals surface area contributed by atoms with Gasteiger partial charge in [0.25, 0.3) is 0 Å². The molecule has 0 saturated heterocycles. The summed E-state index contributed by atoms with van der Waals surface area (Å²) in [5.74, 6) is 0. The highest BCUT2D eigenvalue weighted by Crippen LogP contribution is 1.59. The SMILES string of the molecule is CC(N)CN.OCCO. The minimum absolute atomic E-state index is 0.125. The predicted octanol–water partition coefficient (Wildman–Crippen LogP) is -1.74. The molecular weight excluding hydrogens is 120 g/mol. The Kier molecular flexibility index (Phi) is 13.9. The lowest BCUT2D eigenvalue weighted by Crippen LogP contribution is -2.25. The molecule has 9 heavy (non-hydrogen) atoms. The van der Waals surface area contributed by atoms with Gasteiger partial charge in [0.2, 0.25) is 0 Å². The molecule has 6 N–H and O–H groups in total. The van der Waals surface area contributed by atoms with Crippen LogP contribution in [0.2, 0.25) is 0 Å². The van der Waals surface area contributed by atoms with Crippen molar-refractivity contribution in [3.63, 3.8) is 0 Å². The topological polar surface area (TPSA) is 92.5 Å². The zero-order valence-corrected chi connectivity index (χ0v) is 5.75. The van der Waals surface area contributed by atoms with E-state index in [1.54, 1.807) is 0 Å². The van der Waals surface area contributed by atoms with Crippen LogP contribution in [-0.2, 0) is 0 Å². The molecule has 0 rings (SSSR count). The van der Waals surface area contributed by atoms with E-state index in [0.717, 1.165) is 0 Å². The molecule has 0 aromatic heterocycles. The van der Waals surface area contributed by atoms with Crippen LogP contribution in [-0.4, -0.2) is 36.0 Å². The highest BCUT2D eigenvalue weighted by atomic mass is 16.3. The maximum atomic E-state index is 7.62. The van der Waals surface area contributed by atoms with Gasteiger partial charge in [-0.25, -0.2) is 0 Å². The molecule has 4 nitrogen and oxygen atoms in total. The van der Waals surface area contributed by atoms with Crippen molar-refractivity contribution in [1.82, 2.24) is 0 Å². The number of aliphatic hydroxyl groups is 2. The molecule has 58 valence electrons. The molecule has 0 aliphatic heterocycles. The lowest BCUT2D eigenvalue weighted by atomic mass is 10.4. The van der Waals surface area contributed by atoms with E-state index in [1.165, 1.54) is 0 Å². The normalized spacial score (nSPS) is 11.7. The highest BCUT2D eigenvalue weighted by molar-refractivity contribution is 4.48. The summed E-state index contributed by atoms with van der Waals surface area (Å²) >= 11 is 0. The first-order chi connectivity index (χ1) is 4.18. The Morgan fingerprint density at radius 2 is 1.56 bits per heavy atom. The largest absolute Gasteiger partial charge is 0.394 e. The highest BCUT2D eigenvalue weighted by Gasteiger charge is 1.79. The van der Waals surface area contributed by atoms with E-state index >= 15 is 0 Å². The molecule has 0 aromatic rings. The van der Waals surface area contributed by atoms with E-state index < -0.39 is 0 Å². The summed E-state index contributed by atoms with van der Waals surface area (Å²) in [6, 6.07) is 0.162. The van der Waals surface area contributed by atoms with Crippen molar-refractivity contribution in [3.8, 4) is 0 Å². The Labute approximate surface area is 55.5 Å². The van der Waals surface area contributed by atoms with Gasteiger partial charge in [-0.3, -0.25) is 0 Å². The molecule has 1 unspecified atom stereocenters. The van der Waals surface area contributed by atoms with Gasteiger partial charge < -0.3 is 21.7 Å². The van der Waals surface area contributed by atoms with Gasteiger partial charge >= 0.3 is 0 Å². The van der Waals surface area contributed by atoms with Gasteiger partial charge in [0.05, 0.1) is 13.2 Å². The van der Waals surface area contributed by atoms with Crippen LogP contribution in [0.15, 0.2) is 0 Å². The summed E-state index contributed by atoms with van der Waals surface area (Å²) in [5.41, 5.74) is 10.2. The van der Waals surface area contributed by atoms with Crippen LogP contribution < -0.4 is 11.5 Å². The first-order valence-electron chi connectivity index (χ1n) is 2.86. The van der Waals surface area contributed by atoms with Crippen LogP contribution in [0.4, 0.5) is 0 Å². The van der Waals surface area contributed by atoms with Gasteiger partial charge in [-0.2, -0.15) is 0 Å². The second-order valence-corrected chi connectivity index (χ2v) is 1.66. The first-order valence-corrected chi connectivity index (χ1v) is 2.86. The third kappa shape index (κ3) is 33.2. The second kappa shape index (κ2) is 10.8. The van der Waals surface area contributed by atoms with E-state index in [-0.39, 0.29) is 19.3 Å². The maximum absolute atomic E-state index is 7.62. The zero-order chi connectivity index (χ0) is 7.70. The van der Waals surface area contributed by atoms with Crippen molar-refractivity contribution < 1.29 is 10.2 Å². The Bertz CT molecular complexity index is 39.9. The number of hydrogen-bond acceptors (Lipinski definition) is 4. The summed E-state index contributed by atoms with van der Waals surface area (Å²) in [6.07, 6.45) is 0. The molecule has 0 fully saturated rings. The monoisotopic (exact) mass is 136 g/mol. The maximum Gasteiger partial charge on any atom is 0.0662 e. The summed E-state index contributed by atoms with van der Waals surface area (Å²) in [5, 5.41) is 15.2. The molecule has 0 saturated carbocycles. The average molecular weight is 136 g/mol. The van der Waals surface area contributed by atoms with Gasteiger partial charge in [-0.15, -0.1) is 0 Å². The molecule has 0 aliphatic rings. The lowest BCUT2D eigenvalue weighted by Gasteiger charge is -1.92. The first kappa shape index (κ1) is 11.6. The third-order valence-corrected chi connectivity index (χ3v) is 0.472. The van der Waals surface area contributed by atoms with Crippen molar-refractivity contribution >= 4 is 0 Å².